The Hall–Kier alpha value is -0.970. The molecule has 116 valence electrons. The van der Waals surface area contributed by atoms with Gasteiger partial charge in [0.15, 0.2) is 0 Å². The van der Waals surface area contributed by atoms with Gasteiger partial charge in [0.25, 0.3) is 0 Å². The Morgan fingerprint density at radius 2 is 2.05 bits per heavy atom. The van der Waals surface area contributed by atoms with Crippen molar-refractivity contribution >= 4 is 34.9 Å². The van der Waals surface area contributed by atoms with E-state index < -0.39 is 0 Å². The first kappa shape index (κ1) is 16.4. The summed E-state index contributed by atoms with van der Waals surface area (Å²) in [6, 6.07) is 4.81. The van der Waals surface area contributed by atoms with Gasteiger partial charge in [-0.3, -0.25) is 0 Å². The minimum absolute atomic E-state index is 0.0330. The standard InChI is InChI=1S/C15H20Cl2N2O2/c1-2-15(10-20)5-7-19(8-6-15)14(21)18-13-4-3-11(16)9-12(13)17/h3-4,9,20H,2,5-8,10H2,1H3,(H,18,21). The second kappa shape index (κ2) is 6.86. The summed E-state index contributed by atoms with van der Waals surface area (Å²) in [6.45, 7) is 3.55. The van der Waals surface area contributed by atoms with Crippen LogP contribution in [-0.4, -0.2) is 35.7 Å². The lowest BCUT2D eigenvalue weighted by atomic mass is 9.77. The van der Waals surface area contributed by atoms with E-state index in [0.717, 1.165) is 19.3 Å². The topological polar surface area (TPSA) is 52.6 Å². The number of hydrogen-bond acceptors (Lipinski definition) is 2. The average molecular weight is 331 g/mol. The van der Waals surface area contributed by atoms with Gasteiger partial charge in [-0.2, -0.15) is 0 Å². The maximum Gasteiger partial charge on any atom is 0.321 e. The van der Waals surface area contributed by atoms with Crippen molar-refractivity contribution in [2.24, 2.45) is 5.41 Å². The zero-order valence-electron chi connectivity index (χ0n) is 12.0. The number of halogens is 2. The highest BCUT2D eigenvalue weighted by atomic mass is 35.5. The number of rotatable bonds is 3. The van der Waals surface area contributed by atoms with Gasteiger partial charge in [-0.1, -0.05) is 30.1 Å². The molecular formula is C15H20Cl2N2O2. The molecule has 1 saturated heterocycles. The van der Waals surface area contributed by atoms with E-state index in [1.54, 1.807) is 23.1 Å². The molecule has 2 amide bonds. The highest BCUT2D eigenvalue weighted by Gasteiger charge is 2.33. The summed E-state index contributed by atoms with van der Waals surface area (Å²) in [7, 11) is 0. The van der Waals surface area contributed by atoms with Crippen LogP contribution in [0.3, 0.4) is 0 Å². The fourth-order valence-electron chi connectivity index (χ4n) is 2.59. The second-order valence-electron chi connectivity index (χ2n) is 5.55. The second-order valence-corrected chi connectivity index (χ2v) is 6.40. The van der Waals surface area contributed by atoms with Gasteiger partial charge in [0.1, 0.15) is 0 Å². The van der Waals surface area contributed by atoms with Crippen LogP contribution in [0.25, 0.3) is 0 Å². The molecule has 1 fully saturated rings. The van der Waals surface area contributed by atoms with Crippen LogP contribution in [0, 0.1) is 5.41 Å². The molecule has 2 N–H and O–H groups in total. The number of carbonyl (C=O) groups excluding carboxylic acids is 1. The predicted molar refractivity (Wildman–Crippen MR) is 86.1 cm³/mol. The van der Waals surface area contributed by atoms with Crippen LogP contribution in [0.2, 0.25) is 10.0 Å². The number of amides is 2. The number of hydrogen-bond donors (Lipinski definition) is 2. The van der Waals surface area contributed by atoms with Crippen molar-refractivity contribution in [3.05, 3.63) is 28.2 Å². The smallest absolute Gasteiger partial charge is 0.321 e. The van der Waals surface area contributed by atoms with Crippen LogP contribution in [0.4, 0.5) is 10.5 Å². The number of aliphatic hydroxyl groups is 1. The van der Waals surface area contributed by atoms with Crippen LogP contribution in [0.1, 0.15) is 26.2 Å². The maximum atomic E-state index is 12.3. The Morgan fingerprint density at radius 3 is 2.57 bits per heavy atom. The van der Waals surface area contributed by atoms with Crippen molar-refractivity contribution in [3.8, 4) is 0 Å². The van der Waals surface area contributed by atoms with Crippen molar-refractivity contribution < 1.29 is 9.90 Å². The summed E-state index contributed by atoms with van der Waals surface area (Å²) in [6.07, 6.45) is 2.57. The lowest BCUT2D eigenvalue weighted by Gasteiger charge is -2.40. The van der Waals surface area contributed by atoms with Crippen LogP contribution < -0.4 is 5.32 Å². The van der Waals surface area contributed by atoms with E-state index in [1.165, 1.54) is 0 Å². The number of carbonyl (C=O) groups is 1. The third-order valence-electron chi connectivity index (χ3n) is 4.37. The van der Waals surface area contributed by atoms with Crippen molar-refractivity contribution in [2.75, 3.05) is 25.0 Å². The van der Waals surface area contributed by atoms with Gasteiger partial charge in [0.2, 0.25) is 0 Å². The Morgan fingerprint density at radius 1 is 1.38 bits per heavy atom. The summed E-state index contributed by atoms with van der Waals surface area (Å²) in [4.78, 5) is 14.0. The third-order valence-corrected chi connectivity index (χ3v) is 4.92. The Kier molecular flexibility index (Phi) is 5.36. The van der Waals surface area contributed by atoms with Gasteiger partial charge in [0.05, 0.1) is 10.7 Å². The molecule has 1 aromatic rings. The normalized spacial score (nSPS) is 17.6. The molecular weight excluding hydrogens is 311 g/mol. The molecule has 1 aliphatic rings. The van der Waals surface area contributed by atoms with E-state index in [4.69, 9.17) is 23.2 Å². The van der Waals surface area contributed by atoms with E-state index >= 15 is 0 Å². The van der Waals surface area contributed by atoms with Crippen LogP contribution in [0.5, 0.6) is 0 Å². The predicted octanol–water partition coefficient (Wildman–Crippen LogP) is 4.01. The monoisotopic (exact) mass is 330 g/mol. The number of nitrogens with zero attached hydrogens (tertiary/aromatic N) is 1. The molecule has 1 aliphatic heterocycles. The van der Waals surface area contributed by atoms with Gasteiger partial charge in [-0.15, -0.1) is 0 Å². The van der Waals surface area contributed by atoms with Crippen LogP contribution >= 0.6 is 23.2 Å². The quantitative estimate of drug-likeness (QED) is 0.879. The highest BCUT2D eigenvalue weighted by Crippen LogP contribution is 2.34. The summed E-state index contributed by atoms with van der Waals surface area (Å²) in [5.74, 6) is 0. The van der Waals surface area contributed by atoms with E-state index in [-0.39, 0.29) is 18.1 Å². The molecule has 0 aliphatic carbocycles. The summed E-state index contributed by atoms with van der Waals surface area (Å²) < 4.78 is 0. The molecule has 0 spiro atoms. The molecule has 0 unspecified atom stereocenters. The van der Waals surface area contributed by atoms with Gasteiger partial charge < -0.3 is 15.3 Å². The number of likely N-dealkylation sites (tertiary alicyclic amines) is 1. The van der Waals surface area contributed by atoms with Gasteiger partial charge in [0, 0.05) is 24.7 Å². The Balaban J connectivity index is 1.96. The number of aliphatic hydroxyl groups excluding tert-OH is 1. The largest absolute Gasteiger partial charge is 0.396 e. The molecule has 0 aromatic heterocycles. The zero-order chi connectivity index (χ0) is 15.5. The van der Waals surface area contributed by atoms with Crippen molar-refractivity contribution in [3.63, 3.8) is 0 Å². The van der Waals surface area contributed by atoms with Crippen molar-refractivity contribution in [1.82, 2.24) is 4.90 Å². The molecule has 2 rings (SSSR count). The molecule has 1 aromatic carbocycles. The minimum Gasteiger partial charge on any atom is -0.396 e. The first-order valence-electron chi connectivity index (χ1n) is 7.11. The van der Waals surface area contributed by atoms with E-state index in [0.29, 0.717) is 28.8 Å². The zero-order valence-corrected chi connectivity index (χ0v) is 13.5. The first-order chi connectivity index (χ1) is 9.99. The molecule has 0 bridgehead atoms. The summed E-state index contributed by atoms with van der Waals surface area (Å²) in [5, 5.41) is 13.3. The van der Waals surface area contributed by atoms with Crippen LogP contribution in [-0.2, 0) is 0 Å². The lowest BCUT2D eigenvalue weighted by Crippen LogP contribution is -2.46. The van der Waals surface area contributed by atoms with Crippen molar-refractivity contribution in [1.29, 1.82) is 0 Å². The van der Waals surface area contributed by atoms with Gasteiger partial charge >= 0.3 is 6.03 Å². The fraction of sp³-hybridized carbons (Fsp3) is 0.533. The van der Waals surface area contributed by atoms with Gasteiger partial charge in [-0.05, 0) is 42.9 Å². The number of anilines is 1. The third kappa shape index (κ3) is 3.82. The number of benzene rings is 1. The van der Waals surface area contributed by atoms with E-state index in [2.05, 4.69) is 12.2 Å². The minimum atomic E-state index is -0.165. The summed E-state index contributed by atoms with van der Waals surface area (Å²) in [5.41, 5.74) is 0.523. The fourth-order valence-corrected chi connectivity index (χ4v) is 3.05. The molecule has 0 radical (unpaired) electrons. The number of nitrogens with one attached hydrogen (secondary N) is 1. The highest BCUT2D eigenvalue weighted by molar-refractivity contribution is 6.36. The van der Waals surface area contributed by atoms with E-state index in [9.17, 15) is 9.90 Å². The first-order valence-corrected chi connectivity index (χ1v) is 7.87. The van der Waals surface area contributed by atoms with E-state index in [1.807, 2.05) is 0 Å². The molecule has 0 atom stereocenters. The lowest BCUT2D eigenvalue weighted by molar-refractivity contribution is 0.0542. The SMILES string of the molecule is CCC1(CO)CCN(C(=O)Nc2ccc(Cl)cc2Cl)CC1. The van der Waals surface area contributed by atoms with Gasteiger partial charge in [-0.25, -0.2) is 4.79 Å². The van der Waals surface area contributed by atoms with Crippen molar-refractivity contribution in [2.45, 2.75) is 26.2 Å². The Bertz CT molecular complexity index is 508. The molecule has 4 nitrogen and oxygen atoms in total. The Labute approximate surface area is 135 Å². The molecule has 1 heterocycles. The molecule has 6 heteroatoms. The molecule has 21 heavy (non-hydrogen) atoms. The number of piperidine rings is 1. The maximum absolute atomic E-state index is 12.3. The average Bonchev–Trinajstić information content (AvgIpc) is 2.50. The number of urea groups is 1. The molecule has 0 saturated carbocycles. The summed E-state index contributed by atoms with van der Waals surface area (Å²) >= 11 is 11.9. The van der Waals surface area contributed by atoms with Crippen LogP contribution in [0.15, 0.2) is 18.2 Å².